The van der Waals surface area contributed by atoms with Gasteiger partial charge in [0.2, 0.25) is 5.95 Å². The number of carbonyl (C=O) groups is 1. The van der Waals surface area contributed by atoms with E-state index < -0.39 is 0 Å². The first-order valence-corrected chi connectivity index (χ1v) is 12.2. The molecule has 188 valence electrons. The Bertz CT molecular complexity index is 1280. The third kappa shape index (κ3) is 6.14. The summed E-state index contributed by atoms with van der Waals surface area (Å²) in [6.45, 7) is 8.20. The number of likely N-dealkylation sites (N-methyl/N-ethyl adjacent to an activating group) is 1. The second kappa shape index (κ2) is 11.6. The molecule has 0 saturated heterocycles. The van der Waals surface area contributed by atoms with Gasteiger partial charge in [-0.3, -0.25) is 4.79 Å². The van der Waals surface area contributed by atoms with E-state index in [0.717, 1.165) is 36.6 Å². The number of benzene rings is 2. The number of nitrogens with one attached hydrogen (secondary N) is 2. The molecule has 0 aliphatic rings. The van der Waals surface area contributed by atoms with Crippen LogP contribution in [0.1, 0.15) is 29.8 Å². The van der Waals surface area contributed by atoms with Crippen LogP contribution in [0, 0.1) is 0 Å². The van der Waals surface area contributed by atoms with Gasteiger partial charge in [0.1, 0.15) is 0 Å². The molecular weight excluding hydrogens is 454 g/mol. The standard InChI is InChI=1S/C26H33N9O/c1-5-34(6-2)16-15-27-25(36)20-9-11-21(12-10-20)29-26-28-17-23-24(30-26)35(32-31-23)18-19-7-13-22(14-8-19)33(3)4/h7-14,17H,5-6,15-16,18H2,1-4H3,(H,27,36)(H,28,29,30). The number of amides is 1. The summed E-state index contributed by atoms with van der Waals surface area (Å²) < 4.78 is 1.76. The van der Waals surface area contributed by atoms with Crippen LogP contribution in [0.4, 0.5) is 17.3 Å². The van der Waals surface area contributed by atoms with Gasteiger partial charge in [-0.05, 0) is 55.1 Å². The van der Waals surface area contributed by atoms with Gasteiger partial charge in [-0.1, -0.05) is 31.2 Å². The van der Waals surface area contributed by atoms with Crippen molar-refractivity contribution in [1.29, 1.82) is 0 Å². The number of fused-ring (bicyclic) bond motifs is 1. The number of nitrogens with zero attached hydrogens (tertiary/aromatic N) is 7. The summed E-state index contributed by atoms with van der Waals surface area (Å²) in [5.74, 6) is 0.352. The third-order valence-corrected chi connectivity index (χ3v) is 6.05. The summed E-state index contributed by atoms with van der Waals surface area (Å²) in [6.07, 6.45) is 1.65. The van der Waals surface area contributed by atoms with Crippen LogP contribution < -0.4 is 15.5 Å². The highest BCUT2D eigenvalue weighted by Crippen LogP contribution is 2.18. The fourth-order valence-electron chi connectivity index (χ4n) is 3.81. The molecule has 0 atom stereocenters. The molecule has 4 rings (SSSR count). The van der Waals surface area contributed by atoms with Crippen molar-refractivity contribution in [3.63, 3.8) is 0 Å². The summed E-state index contributed by atoms with van der Waals surface area (Å²) in [5, 5.41) is 14.6. The van der Waals surface area contributed by atoms with Crippen molar-refractivity contribution in [2.75, 3.05) is 50.5 Å². The minimum absolute atomic E-state index is 0.0834. The van der Waals surface area contributed by atoms with Gasteiger partial charge >= 0.3 is 0 Å². The molecule has 0 radical (unpaired) electrons. The first-order valence-electron chi connectivity index (χ1n) is 12.2. The van der Waals surface area contributed by atoms with E-state index in [2.05, 4.69) is 78.8 Å². The van der Waals surface area contributed by atoms with Crippen molar-refractivity contribution in [1.82, 2.24) is 35.2 Å². The molecule has 2 aromatic carbocycles. The van der Waals surface area contributed by atoms with Gasteiger partial charge in [-0.25, -0.2) is 9.67 Å². The lowest BCUT2D eigenvalue weighted by Crippen LogP contribution is -2.34. The number of aromatic nitrogens is 5. The van der Waals surface area contributed by atoms with Crippen LogP contribution in [0.5, 0.6) is 0 Å². The Hall–Kier alpha value is -4.05. The highest BCUT2D eigenvalue weighted by Gasteiger charge is 2.11. The van der Waals surface area contributed by atoms with Gasteiger partial charge in [0.15, 0.2) is 11.2 Å². The van der Waals surface area contributed by atoms with E-state index in [1.807, 2.05) is 26.2 Å². The lowest BCUT2D eigenvalue weighted by molar-refractivity contribution is 0.0949. The Kier molecular flexibility index (Phi) is 8.06. The zero-order valence-corrected chi connectivity index (χ0v) is 21.3. The highest BCUT2D eigenvalue weighted by atomic mass is 16.1. The van der Waals surface area contributed by atoms with Crippen LogP contribution in [-0.2, 0) is 6.54 Å². The van der Waals surface area contributed by atoms with E-state index in [9.17, 15) is 4.79 Å². The summed E-state index contributed by atoms with van der Waals surface area (Å²) >= 11 is 0. The zero-order chi connectivity index (χ0) is 25.5. The van der Waals surface area contributed by atoms with E-state index in [0.29, 0.717) is 35.8 Å². The molecule has 4 aromatic rings. The Balaban J connectivity index is 1.40. The van der Waals surface area contributed by atoms with Crippen molar-refractivity contribution in [2.24, 2.45) is 0 Å². The molecule has 2 heterocycles. The van der Waals surface area contributed by atoms with Gasteiger partial charge in [0, 0.05) is 44.1 Å². The van der Waals surface area contributed by atoms with E-state index >= 15 is 0 Å². The first kappa shape index (κ1) is 25.1. The van der Waals surface area contributed by atoms with Gasteiger partial charge in [0.25, 0.3) is 5.91 Å². The van der Waals surface area contributed by atoms with Crippen LogP contribution in [0.3, 0.4) is 0 Å². The van der Waals surface area contributed by atoms with Crippen LogP contribution in [0.15, 0.2) is 54.7 Å². The molecule has 0 saturated carbocycles. The monoisotopic (exact) mass is 487 g/mol. The van der Waals surface area contributed by atoms with Gasteiger partial charge in [0.05, 0.1) is 12.7 Å². The summed E-state index contributed by atoms with van der Waals surface area (Å²) in [7, 11) is 4.03. The van der Waals surface area contributed by atoms with Crippen molar-refractivity contribution in [3.05, 3.63) is 65.9 Å². The molecule has 36 heavy (non-hydrogen) atoms. The number of carbonyl (C=O) groups excluding carboxylic acids is 1. The van der Waals surface area contributed by atoms with Crippen molar-refractivity contribution in [2.45, 2.75) is 20.4 Å². The molecule has 1 amide bonds. The number of hydrogen-bond acceptors (Lipinski definition) is 8. The molecule has 10 nitrogen and oxygen atoms in total. The zero-order valence-electron chi connectivity index (χ0n) is 21.3. The largest absolute Gasteiger partial charge is 0.378 e. The second-order valence-electron chi connectivity index (χ2n) is 8.70. The lowest BCUT2D eigenvalue weighted by Gasteiger charge is -2.17. The maximum Gasteiger partial charge on any atom is 0.251 e. The molecule has 0 bridgehead atoms. The van der Waals surface area contributed by atoms with Crippen molar-refractivity contribution < 1.29 is 4.79 Å². The summed E-state index contributed by atoms with van der Waals surface area (Å²) in [5.41, 5.74) is 4.91. The van der Waals surface area contributed by atoms with Gasteiger partial charge in [-0.15, -0.1) is 5.10 Å². The third-order valence-electron chi connectivity index (χ3n) is 6.05. The smallest absolute Gasteiger partial charge is 0.251 e. The quantitative estimate of drug-likeness (QED) is 0.333. The number of rotatable bonds is 11. The molecule has 0 spiro atoms. The molecule has 2 N–H and O–H groups in total. The predicted molar refractivity (Wildman–Crippen MR) is 143 cm³/mol. The molecular formula is C26H33N9O. The lowest BCUT2D eigenvalue weighted by atomic mass is 10.2. The van der Waals surface area contributed by atoms with E-state index in [1.165, 1.54) is 0 Å². The topological polar surface area (TPSA) is 104 Å². The van der Waals surface area contributed by atoms with Crippen LogP contribution in [0.25, 0.3) is 11.2 Å². The van der Waals surface area contributed by atoms with Gasteiger partial charge < -0.3 is 20.4 Å². The number of anilines is 3. The first-order chi connectivity index (χ1) is 17.5. The Morgan fingerprint density at radius 1 is 1.00 bits per heavy atom. The normalized spacial score (nSPS) is 11.1. The Morgan fingerprint density at radius 2 is 1.72 bits per heavy atom. The summed E-state index contributed by atoms with van der Waals surface area (Å²) in [4.78, 5) is 25.8. The van der Waals surface area contributed by atoms with Crippen molar-refractivity contribution >= 4 is 34.4 Å². The summed E-state index contributed by atoms with van der Waals surface area (Å²) in [6, 6.07) is 15.6. The van der Waals surface area contributed by atoms with Crippen molar-refractivity contribution in [3.8, 4) is 0 Å². The molecule has 0 aliphatic carbocycles. The van der Waals surface area contributed by atoms with E-state index in [-0.39, 0.29) is 5.91 Å². The van der Waals surface area contributed by atoms with E-state index in [1.54, 1.807) is 23.0 Å². The average molecular weight is 488 g/mol. The fourth-order valence-corrected chi connectivity index (χ4v) is 3.81. The van der Waals surface area contributed by atoms with Gasteiger partial charge in [-0.2, -0.15) is 4.98 Å². The average Bonchev–Trinajstić information content (AvgIpc) is 3.29. The molecule has 2 aromatic heterocycles. The van der Waals surface area contributed by atoms with Crippen LogP contribution >= 0.6 is 0 Å². The number of hydrogen-bond donors (Lipinski definition) is 2. The van der Waals surface area contributed by atoms with E-state index in [4.69, 9.17) is 0 Å². The van der Waals surface area contributed by atoms with Crippen LogP contribution in [0.2, 0.25) is 0 Å². The minimum atomic E-state index is -0.0834. The molecule has 0 unspecified atom stereocenters. The van der Waals surface area contributed by atoms with Crippen LogP contribution in [-0.4, -0.2) is 76.0 Å². The fraction of sp³-hybridized carbons (Fsp3) is 0.346. The Morgan fingerprint density at radius 3 is 2.39 bits per heavy atom. The second-order valence-corrected chi connectivity index (χ2v) is 8.70. The molecule has 0 fully saturated rings. The highest BCUT2D eigenvalue weighted by molar-refractivity contribution is 5.94. The Labute approximate surface area is 211 Å². The molecule has 0 aliphatic heterocycles. The molecule has 10 heteroatoms. The predicted octanol–water partition coefficient (Wildman–Crippen LogP) is 3.15. The SMILES string of the molecule is CCN(CC)CCNC(=O)c1ccc(Nc2ncc3nnn(Cc4ccc(N(C)C)cc4)c3n2)cc1. The minimum Gasteiger partial charge on any atom is -0.378 e. The maximum absolute atomic E-state index is 12.4. The maximum atomic E-state index is 12.4.